The summed E-state index contributed by atoms with van der Waals surface area (Å²) < 4.78 is 32.9. The topological polar surface area (TPSA) is 111 Å². The van der Waals surface area contributed by atoms with Crippen molar-refractivity contribution < 1.29 is 23.1 Å². The number of aromatic carboxylic acids is 1. The Bertz CT molecular complexity index is 782. The number of methoxy groups -OCH3 is 1. The number of aryl methyl sites for hydroxylation is 1. The summed E-state index contributed by atoms with van der Waals surface area (Å²) in [5.41, 5.74) is 0.141. The molecular weight excluding hydrogens is 298 g/mol. The third-order valence-electron chi connectivity index (χ3n) is 2.68. The van der Waals surface area contributed by atoms with Crippen LogP contribution in [0, 0.1) is 0 Å². The lowest BCUT2D eigenvalue weighted by Gasteiger charge is -2.09. The highest BCUT2D eigenvalue weighted by Crippen LogP contribution is 2.25. The lowest BCUT2D eigenvalue weighted by molar-refractivity contribution is 0.0693. The largest absolute Gasteiger partial charge is 0.496 e. The smallest absolute Gasteiger partial charge is 0.339 e. The Morgan fingerprint density at radius 2 is 2.14 bits per heavy atom. The summed E-state index contributed by atoms with van der Waals surface area (Å²) in [7, 11) is -0.879. The normalized spacial score (nSPS) is 11.1. The van der Waals surface area contributed by atoms with E-state index >= 15 is 0 Å². The van der Waals surface area contributed by atoms with Crippen LogP contribution in [0.2, 0.25) is 0 Å². The first-order valence-corrected chi connectivity index (χ1v) is 7.24. The number of carboxylic acids is 1. The highest BCUT2D eigenvalue weighted by molar-refractivity contribution is 7.92. The van der Waals surface area contributed by atoms with E-state index in [9.17, 15) is 13.2 Å². The Kier molecular flexibility index (Phi) is 3.85. The lowest BCUT2D eigenvalue weighted by Crippen LogP contribution is -2.13. The molecule has 2 rings (SSSR count). The molecule has 2 N–H and O–H groups in total. The van der Waals surface area contributed by atoms with E-state index in [0.717, 1.165) is 0 Å². The summed E-state index contributed by atoms with van der Waals surface area (Å²) in [5.74, 6) is -1.09. The number of anilines is 1. The number of nitrogens with one attached hydrogen (secondary N) is 1. The van der Waals surface area contributed by atoms with Crippen molar-refractivity contribution in [2.45, 2.75) is 4.90 Å². The first kappa shape index (κ1) is 14.9. The van der Waals surface area contributed by atoms with E-state index in [4.69, 9.17) is 9.84 Å². The summed E-state index contributed by atoms with van der Waals surface area (Å²) in [5, 5.41) is 12.8. The average Bonchev–Trinajstić information content (AvgIpc) is 2.85. The number of hydrogen-bond donors (Lipinski definition) is 2. The van der Waals surface area contributed by atoms with E-state index in [2.05, 4.69) is 9.82 Å². The van der Waals surface area contributed by atoms with Crippen LogP contribution in [0.4, 0.5) is 5.69 Å². The number of carboxylic acid groups (broad SMARTS) is 1. The van der Waals surface area contributed by atoms with Gasteiger partial charge in [-0.2, -0.15) is 5.10 Å². The molecule has 2 aromatic rings. The number of nitrogens with zero attached hydrogens (tertiary/aromatic N) is 2. The first-order valence-electron chi connectivity index (χ1n) is 5.76. The van der Waals surface area contributed by atoms with Crippen molar-refractivity contribution in [3.8, 4) is 5.75 Å². The number of sulfonamides is 1. The summed E-state index contributed by atoms with van der Waals surface area (Å²) in [6.45, 7) is 0. The van der Waals surface area contributed by atoms with E-state index < -0.39 is 16.0 Å². The second kappa shape index (κ2) is 5.44. The summed E-state index contributed by atoms with van der Waals surface area (Å²) >= 11 is 0. The van der Waals surface area contributed by atoms with Gasteiger partial charge in [0.05, 0.1) is 19.0 Å². The van der Waals surface area contributed by atoms with E-state index in [1.165, 1.54) is 42.4 Å². The van der Waals surface area contributed by atoms with Crippen molar-refractivity contribution in [2.75, 3.05) is 11.8 Å². The van der Waals surface area contributed by atoms with Gasteiger partial charge < -0.3 is 9.84 Å². The Morgan fingerprint density at radius 3 is 2.67 bits per heavy atom. The van der Waals surface area contributed by atoms with Crippen molar-refractivity contribution in [2.24, 2.45) is 7.05 Å². The molecule has 0 atom stereocenters. The highest BCUT2D eigenvalue weighted by atomic mass is 32.2. The third-order valence-corrected chi connectivity index (χ3v) is 4.01. The summed E-state index contributed by atoms with van der Waals surface area (Å²) in [4.78, 5) is 11.0. The molecule has 8 nitrogen and oxygen atoms in total. The minimum Gasteiger partial charge on any atom is -0.496 e. The molecule has 21 heavy (non-hydrogen) atoms. The molecule has 0 unspecified atom stereocenters. The van der Waals surface area contributed by atoms with Gasteiger partial charge in [0.2, 0.25) is 0 Å². The fourth-order valence-electron chi connectivity index (χ4n) is 1.68. The van der Waals surface area contributed by atoms with Crippen molar-refractivity contribution in [1.29, 1.82) is 0 Å². The van der Waals surface area contributed by atoms with Crippen LogP contribution in [0.15, 0.2) is 35.5 Å². The van der Waals surface area contributed by atoms with Gasteiger partial charge in [0.25, 0.3) is 10.0 Å². The molecule has 0 spiro atoms. The minimum atomic E-state index is -3.79. The van der Waals surface area contributed by atoms with Gasteiger partial charge >= 0.3 is 5.97 Å². The molecule has 1 aromatic heterocycles. The maximum absolute atomic E-state index is 12.1. The van der Waals surface area contributed by atoms with Gasteiger partial charge in [-0.3, -0.25) is 9.40 Å². The maximum Gasteiger partial charge on any atom is 0.339 e. The van der Waals surface area contributed by atoms with Gasteiger partial charge in [-0.15, -0.1) is 0 Å². The van der Waals surface area contributed by atoms with Crippen molar-refractivity contribution in [1.82, 2.24) is 9.78 Å². The molecule has 0 amide bonds. The lowest BCUT2D eigenvalue weighted by atomic mass is 10.2. The van der Waals surface area contributed by atoms with E-state index in [1.54, 1.807) is 7.05 Å². The second-order valence-corrected chi connectivity index (χ2v) is 5.86. The van der Waals surface area contributed by atoms with Gasteiger partial charge in [-0.1, -0.05) is 0 Å². The van der Waals surface area contributed by atoms with Crippen molar-refractivity contribution in [3.63, 3.8) is 0 Å². The van der Waals surface area contributed by atoms with E-state index in [0.29, 0.717) is 0 Å². The summed E-state index contributed by atoms with van der Waals surface area (Å²) in [6.07, 6.45) is 2.57. The fourth-order valence-corrected chi connectivity index (χ4v) is 2.72. The molecule has 1 aromatic carbocycles. The molecule has 0 saturated carbocycles. The molecule has 0 saturated heterocycles. The number of ether oxygens (including phenoxy) is 1. The Labute approximate surface area is 121 Å². The average molecular weight is 311 g/mol. The number of carbonyl (C=O) groups is 1. The number of rotatable bonds is 5. The number of hydrogen-bond acceptors (Lipinski definition) is 5. The molecular formula is C12H13N3O5S. The summed E-state index contributed by atoms with van der Waals surface area (Å²) in [6, 6.07) is 3.92. The van der Waals surface area contributed by atoms with Crippen LogP contribution in [0.25, 0.3) is 0 Å². The number of aromatic nitrogens is 2. The molecule has 0 fully saturated rings. The Balaban J connectivity index is 2.34. The van der Waals surface area contributed by atoms with E-state index in [-0.39, 0.29) is 21.9 Å². The van der Waals surface area contributed by atoms with E-state index in [1.807, 2.05) is 0 Å². The van der Waals surface area contributed by atoms with Crippen LogP contribution in [-0.4, -0.2) is 36.4 Å². The number of benzene rings is 1. The SMILES string of the molecule is COc1cc(NS(=O)(=O)c2cnn(C)c2)ccc1C(=O)O. The predicted molar refractivity (Wildman–Crippen MR) is 74.0 cm³/mol. The van der Waals surface area contributed by atoms with Gasteiger partial charge in [0.15, 0.2) is 0 Å². The van der Waals surface area contributed by atoms with Crippen LogP contribution in [-0.2, 0) is 17.1 Å². The van der Waals surface area contributed by atoms with Crippen molar-refractivity contribution >= 4 is 21.7 Å². The zero-order valence-electron chi connectivity index (χ0n) is 11.3. The highest BCUT2D eigenvalue weighted by Gasteiger charge is 2.18. The standard InChI is InChI=1S/C12H13N3O5S/c1-15-7-9(6-13-15)21(18,19)14-8-3-4-10(12(16)17)11(5-8)20-2/h3-7,14H,1-2H3,(H,16,17). The molecule has 0 aliphatic heterocycles. The first-order chi connectivity index (χ1) is 9.83. The van der Waals surface area contributed by atoms with Gasteiger partial charge in [0, 0.05) is 19.3 Å². The van der Waals surface area contributed by atoms with Crippen LogP contribution < -0.4 is 9.46 Å². The molecule has 0 aliphatic rings. The quantitative estimate of drug-likeness (QED) is 0.849. The van der Waals surface area contributed by atoms with Gasteiger partial charge in [-0.25, -0.2) is 13.2 Å². The van der Waals surface area contributed by atoms with Crippen LogP contribution >= 0.6 is 0 Å². The second-order valence-electron chi connectivity index (χ2n) is 4.18. The monoisotopic (exact) mass is 311 g/mol. The molecule has 0 radical (unpaired) electrons. The fraction of sp³-hybridized carbons (Fsp3) is 0.167. The molecule has 0 aliphatic carbocycles. The molecule has 1 heterocycles. The van der Waals surface area contributed by atoms with Gasteiger partial charge in [-0.05, 0) is 12.1 Å². The predicted octanol–water partition coefficient (Wildman–Crippen LogP) is 0.928. The zero-order valence-corrected chi connectivity index (χ0v) is 12.1. The van der Waals surface area contributed by atoms with Crippen molar-refractivity contribution in [3.05, 3.63) is 36.2 Å². The molecule has 9 heteroatoms. The van der Waals surface area contributed by atoms with Crippen LogP contribution in [0.5, 0.6) is 5.75 Å². The Hall–Kier alpha value is -2.55. The van der Waals surface area contributed by atoms with Crippen LogP contribution in [0.3, 0.4) is 0 Å². The van der Waals surface area contributed by atoms with Gasteiger partial charge in [0.1, 0.15) is 16.2 Å². The third kappa shape index (κ3) is 3.14. The zero-order chi connectivity index (χ0) is 15.6. The Morgan fingerprint density at radius 1 is 1.43 bits per heavy atom. The van der Waals surface area contributed by atoms with Crippen LogP contribution in [0.1, 0.15) is 10.4 Å². The maximum atomic E-state index is 12.1. The minimum absolute atomic E-state index is 0.00581. The molecule has 0 bridgehead atoms. The molecule has 112 valence electrons.